The van der Waals surface area contributed by atoms with Crippen LogP contribution in [0.2, 0.25) is 0 Å². The lowest BCUT2D eigenvalue weighted by molar-refractivity contribution is -0.124. The first kappa shape index (κ1) is 14.4. The van der Waals surface area contributed by atoms with Gasteiger partial charge in [0.1, 0.15) is 9.84 Å². The highest BCUT2D eigenvalue weighted by Crippen LogP contribution is 2.07. The predicted molar refractivity (Wildman–Crippen MR) is 67.6 cm³/mol. The van der Waals surface area contributed by atoms with Crippen LogP contribution in [0, 0.1) is 0 Å². The highest BCUT2D eigenvalue weighted by molar-refractivity contribution is 7.90. The SMILES string of the molecule is CC(CCS(C)(=O)=O)NC(=O)C1CCCCN1. The van der Waals surface area contributed by atoms with Crippen molar-refractivity contribution in [2.45, 2.75) is 44.7 Å². The molecule has 2 unspecified atom stereocenters. The lowest BCUT2D eigenvalue weighted by Gasteiger charge is -2.24. The molecule has 1 aliphatic heterocycles. The summed E-state index contributed by atoms with van der Waals surface area (Å²) in [6.07, 6.45) is 4.74. The zero-order valence-electron chi connectivity index (χ0n) is 10.5. The van der Waals surface area contributed by atoms with Crippen molar-refractivity contribution >= 4 is 15.7 Å². The summed E-state index contributed by atoms with van der Waals surface area (Å²) in [7, 11) is -2.95. The van der Waals surface area contributed by atoms with Crippen molar-refractivity contribution in [1.29, 1.82) is 0 Å². The van der Waals surface area contributed by atoms with E-state index >= 15 is 0 Å². The lowest BCUT2D eigenvalue weighted by atomic mass is 10.0. The van der Waals surface area contributed by atoms with Crippen molar-refractivity contribution in [3.8, 4) is 0 Å². The highest BCUT2D eigenvalue weighted by Gasteiger charge is 2.21. The number of hydrogen-bond donors (Lipinski definition) is 2. The Bertz CT molecular complexity index is 348. The second kappa shape index (κ2) is 6.35. The summed E-state index contributed by atoms with van der Waals surface area (Å²) < 4.78 is 22.0. The molecule has 0 spiro atoms. The fourth-order valence-electron chi connectivity index (χ4n) is 1.88. The molecule has 6 heteroatoms. The van der Waals surface area contributed by atoms with E-state index in [0.717, 1.165) is 25.8 Å². The minimum Gasteiger partial charge on any atom is -0.352 e. The molecule has 0 aliphatic carbocycles. The van der Waals surface area contributed by atoms with Gasteiger partial charge < -0.3 is 10.6 Å². The van der Waals surface area contributed by atoms with Gasteiger partial charge in [-0.2, -0.15) is 0 Å². The van der Waals surface area contributed by atoms with E-state index in [1.54, 1.807) is 0 Å². The molecular weight excluding hydrogens is 240 g/mol. The fourth-order valence-corrected chi connectivity index (χ4v) is 2.66. The summed E-state index contributed by atoms with van der Waals surface area (Å²) in [6, 6.07) is -0.203. The maximum Gasteiger partial charge on any atom is 0.237 e. The third-order valence-electron chi connectivity index (χ3n) is 2.94. The van der Waals surface area contributed by atoms with Gasteiger partial charge in [0, 0.05) is 12.3 Å². The zero-order valence-corrected chi connectivity index (χ0v) is 11.3. The summed E-state index contributed by atoms with van der Waals surface area (Å²) in [5, 5.41) is 6.02. The van der Waals surface area contributed by atoms with Gasteiger partial charge in [-0.1, -0.05) is 6.42 Å². The van der Waals surface area contributed by atoms with Crippen molar-refractivity contribution in [3.63, 3.8) is 0 Å². The van der Waals surface area contributed by atoms with E-state index in [4.69, 9.17) is 0 Å². The predicted octanol–water partition coefficient (Wildman–Crippen LogP) is 0.0679. The van der Waals surface area contributed by atoms with E-state index in [1.165, 1.54) is 6.26 Å². The van der Waals surface area contributed by atoms with Crippen LogP contribution in [0.3, 0.4) is 0 Å². The van der Waals surface area contributed by atoms with E-state index in [1.807, 2.05) is 6.92 Å². The Morgan fingerprint density at radius 1 is 1.47 bits per heavy atom. The van der Waals surface area contributed by atoms with Crippen molar-refractivity contribution in [2.24, 2.45) is 0 Å². The van der Waals surface area contributed by atoms with Gasteiger partial charge in [0.15, 0.2) is 0 Å². The molecule has 1 heterocycles. The highest BCUT2D eigenvalue weighted by atomic mass is 32.2. The third kappa shape index (κ3) is 6.02. The molecule has 2 N–H and O–H groups in total. The first-order valence-electron chi connectivity index (χ1n) is 6.10. The Morgan fingerprint density at radius 2 is 2.18 bits per heavy atom. The molecule has 0 bridgehead atoms. The first-order chi connectivity index (χ1) is 7.88. The van der Waals surface area contributed by atoms with E-state index in [0.29, 0.717) is 6.42 Å². The number of amides is 1. The second-order valence-corrected chi connectivity index (χ2v) is 7.09. The average Bonchev–Trinajstić information content (AvgIpc) is 2.27. The van der Waals surface area contributed by atoms with Gasteiger partial charge in [-0.3, -0.25) is 4.79 Å². The Labute approximate surface area is 103 Å². The molecule has 0 radical (unpaired) electrons. The summed E-state index contributed by atoms with van der Waals surface area (Å²) in [5.41, 5.74) is 0. The quantitative estimate of drug-likeness (QED) is 0.735. The van der Waals surface area contributed by atoms with Crippen molar-refractivity contribution in [2.75, 3.05) is 18.6 Å². The molecule has 5 nitrogen and oxygen atoms in total. The van der Waals surface area contributed by atoms with Crippen LogP contribution in [0.25, 0.3) is 0 Å². The molecule has 2 atom stereocenters. The number of hydrogen-bond acceptors (Lipinski definition) is 4. The van der Waals surface area contributed by atoms with E-state index in [2.05, 4.69) is 10.6 Å². The average molecular weight is 262 g/mol. The van der Waals surface area contributed by atoms with E-state index < -0.39 is 9.84 Å². The molecule has 1 aliphatic rings. The van der Waals surface area contributed by atoms with Gasteiger partial charge in [0.05, 0.1) is 11.8 Å². The van der Waals surface area contributed by atoms with Gasteiger partial charge in [0.25, 0.3) is 0 Å². The molecule has 1 saturated heterocycles. The molecule has 0 aromatic carbocycles. The van der Waals surface area contributed by atoms with Gasteiger partial charge in [-0.25, -0.2) is 8.42 Å². The molecule has 17 heavy (non-hydrogen) atoms. The van der Waals surface area contributed by atoms with Gasteiger partial charge in [-0.15, -0.1) is 0 Å². The lowest BCUT2D eigenvalue weighted by Crippen LogP contribution is -2.49. The van der Waals surface area contributed by atoms with Crippen molar-refractivity contribution in [3.05, 3.63) is 0 Å². The minimum absolute atomic E-state index is 0.00861. The fraction of sp³-hybridized carbons (Fsp3) is 0.909. The monoisotopic (exact) mass is 262 g/mol. The van der Waals surface area contributed by atoms with E-state index in [9.17, 15) is 13.2 Å². The molecule has 1 amide bonds. The summed E-state index contributed by atoms with van der Waals surface area (Å²) in [5.74, 6) is 0.109. The summed E-state index contributed by atoms with van der Waals surface area (Å²) in [6.45, 7) is 2.72. The van der Waals surface area contributed by atoms with Gasteiger partial charge >= 0.3 is 0 Å². The number of carbonyl (C=O) groups is 1. The zero-order chi connectivity index (χ0) is 12.9. The molecule has 0 aromatic heterocycles. The Kier molecular flexibility index (Phi) is 5.39. The van der Waals surface area contributed by atoms with Crippen LogP contribution in [-0.4, -0.2) is 45.0 Å². The maximum absolute atomic E-state index is 11.8. The second-order valence-electron chi connectivity index (χ2n) is 4.83. The Hall–Kier alpha value is -0.620. The Balaban J connectivity index is 2.29. The van der Waals surface area contributed by atoms with Crippen LogP contribution in [0.1, 0.15) is 32.6 Å². The molecular formula is C11H22N2O3S. The van der Waals surface area contributed by atoms with Crippen molar-refractivity contribution < 1.29 is 13.2 Å². The van der Waals surface area contributed by atoms with Gasteiger partial charge in [-0.05, 0) is 32.7 Å². The van der Waals surface area contributed by atoms with Crippen LogP contribution < -0.4 is 10.6 Å². The number of carbonyl (C=O) groups excluding carboxylic acids is 1. The first-order valence-corrected chi connectivity index (χ1v) is 8.16. The van der Waals surface area contributed by atoms with Crippen molar-refractivity contribution in [1.82, 2.24) is 10.6 Å². The number of rotatable bonds is 5. The minimum atomic E-state index is -2.95. The standard InChI is InChI=1S/C11H22N2O3S/c1-9(6-8-17(2,15)16)13-11(14)10-5-3-4-7-12-10/h9-10,12H,3-8H2,1-2H3,(H,13,14). The third-order valence-corrected chi connectivity index (χ3v) is 3.91. The smallest absolute Gasteiger partial charge is 0.237 e. The molecule has 0 aromatic rings. The number of piperidine rings is 1. The molecule has 0 saturated carbocycles. The van der Waals surface area contributed by atoms with Crippen LogP contribution in [-0.2, 0) is 14.6 Å². The largest absolute Gasteiger partial charge is 0.352 e. The van der Waals surface area contributed by atoms with Crippen LogP contribution >= 0.6 is 0 Å². The number of nitrogens with one attached hydrogen (secondary N) is 2. The van der Waals surface area contributed by atoms with Crippen LogP contribution in [0.5, 0.6) is 0 Å². The summed E-state index contributed by atoms with van der Waals surface area (Å²) in [4.78, 5) is 11.8. The topological polar surface area (TPSA) is 75.3 Å². The Morgan fingerprint density at radius 3 is 2.71 bits per heavy atom. The van der Waals surface area contributed by atoms with E-state index in [-0.39, 0.29) is 23.7 Å². The molecule has 1 fully saturated rings. The maximum atomic E-state index is 11.8. The normalized spacial score (nSPS) is 23.1. The molecule has 100 valence electrons. The van der Waals surface area contributed by atoms with Crippen LogP contribution in [0.4, 0.5) is 0 Å². The number of sulfone groups is 1. The van der Waals surface area contributed by atoms with Crippen LogP contribution in [0.15, 0.2) is 0 Å². The summed E-state index contributed by atoms with van der Waals surface area (Å²) >= 11 is 0. The molecule has 1 rings (SSSR count). The van der Waals surface area contributed by atoms with Gasteiger partial charge in [0.2, 0.25) is 5.91 Å².